The Labute approximate surface area is 178 Å². The van der Waals surface area contributed by atoms with Crippen molar-refractivity contribution in [3.05, 3.63) is 36.7 Å². The van der Waals surface area contributed by atoms with Crippen LogP contribution in [0.15, 0.2) is 36.7 Å². The molecule has 5 rings (SSSR count). The van der Waals surface area contributed by atoms with Crippen LogP contribution in [0.4, 0.5) is 11.5 Å². The summed E-state index contributed by atoms with van der Waals surface area (Å²) in [4.78, 5) is 20.3. The number of carbonyl (C=O) groups is 1. The average Bonchev–Trinajstić information content (AvgIpc) is 3.24. The minimum Gasteiger partial charge on any atom is -0.464 e. The first kappa shape index (κ1) is 19.4. The number of ether oxygens (including phenoxy) is 5. The maximum absolute atomic E-state index is 11.5. The quantitative estimate of drug-likeness (QED) is 0.483. The van der Waals surface area contributed by atoms with Crippen molar-refractivity contribution in [1.82, 2.24) is 9.97 Å². The monoisotopic (exact) mass is 423 g/mol. The van der Waals surface area contributed by atoms with Crippen molar-refractivity contribution in [1.29, 1.82) is 0 Å². The van der Waals surface area contributed by atoms with Crippen molar-refractivity contribution in [2.24, 2.45) is 0 Å². The SMILES string of the molecule is CC(=O)Oc1cc(OC2CCCCO2)c2c(Nc3cccc4c3OCO4)ncnc2c1. The van der Waals surface area contributed by atoms with Gasteiger partial charge in [-0.15, -0.1) is 0 Å². The molecule has 0 amide bonds. The second-order valence-corrected chi connectivity index (χ2v) is 7.21. The van der Waals surface area contributed by atoms with Gasteiger partial charge in [0.25, 0.3) is 0 Å². The van der Waals surface area contributed by atoms with Crippen LogP contribution in [0.3, 0.4) is 0 Å². The number of nitrogens with zero attached hydrogens (tertiary/aromatic N) is 2. The third kappa shape index (κ3) is 4.04. The van der Waals surface area contributed by atoms with Crippen LogP contribution in [0.2, 0.25) is 0 Å². The average molecular weight is 423 g/mol. The first-order valence-electron chi connectivity index (χ1n) is 10.1. The Bertz CT molecular complexity index is 1130. The third-order valence-corrected chi connectivity index (χ3v) is 4.98. The maximum Gasteiger partial charge on any atom is 0.308 e. The Balaban J connectivity index is 1.58. The van der Waals surface area contributed by atoms with E-state index in [1.807, 2.05) is 18.2 Å². The summed E-state index contributed by atoms with van der Waals surface area (Å²) >= 11 is 0. The normalized spacial score (nSPS) is 17.4. The van der Waals surface area contributed by atoms with Gasteiger partial charge in [0.15, 0.2) is 17.8 Å². The second-order valence-electron chi connectivity index (χ2n) is 7.21. The second kappa shape index (κ2) is 8.27. The zero-order valence-corrected chi connectivity index (χ0v) is 16.9. The lowest BCUT2D eigenvalue weighted by atomic mass is 10.1. The Hall–Kier alpha value is -3.59. The van der Waals surface area contributed by atoms with E-state index in [1.165, 1.54) is 13.3 Å². The van der Waals surface area contributed by atoms with Crippen LogP contribution in [0, 0.1) is 0 Å². The number of fused-ring (bicyclic) bond motifs is 2. The number of para-hydroxylation sites is 1. The molecule has 1 unspecified atom stereocenters. The largest absolute Gasteiger partial charge is 0.464 e. The molecule has 2 aliphatic heterocycles. The Morgan fingerprint density at radius 1 is 1.19 bits per heavy atom. The highest BCUT2D eigenvalue weighted by molar-refractivity contribution is 5.97. The number of esters is 1. The number of hydrogen-bond acceptors (Lipinski definition) is 9. The van der Waals surface area contributed by atoms with Gasteiger partial charge in [-0.25, -0.2) is 9.97 Å². The molecule has 0 bridgehead atoms. The van der Waals surface area contributed by atoms with Gasteiger partial charge in [-0.05, 0) is 25.0 Å². The fraction of sp³-hybridized carbons (Fsp3) is 0.318. The van der Waals surface area contributed by atoms with Crippen LogP contribution in [-0.2, 0) is 9.53 Å². The van der Waals surface area contributed by atoms with Crippen molar-refractivity contribution in [2.75, 3.05) is 18.7 Å². The molecule has 0 spiro atoms. The van der Waals surface area contributed by atoms with Gasteiger partial charge in [0.05, 0.1) is 23.2 Å². The van der Waals surface area contributed by atoms with Crippen LogP contribution in [0.25, 0.3) is 10.9 Å². The summed E-state index contributed by atoms with van der Waals surface area (Å²) in [6, 6.07) is 8.91. The number of rotatable bonds is 5. The summed E-state index contributed by atoms with van der Waals surface area (Å²) in [5.74, 6) is 2.18. The molecule has 1 aromatic heterocycles. The molecule has 1 saturated heterocycles. The summed E-state index contributed by atoms with van der Waals surface area (Å²) in [5, 5.41) is 3.94. The van der Waals surface area contributed by atoms with E-state index >= 15 is 0 Å². The van der Waals surface area contributed by atoms with Crippen molar-refractivity contribution in [2.45, 2.75) is 32.5 Å². The molecule has 0 saturated carbocycles. The summed E-state index contributed by atoms with van der Waals surface area (Å²) in [7, 11) is 0. The molecule has 9 nitrogen and oxygen atoms in total. The predicted molar refractivity (Wildman–Crippen MR) is 111 cm³/mol. The number of nitrogens with one attached hydrogen (secondary N) is 1. The molecule has 2 aliphatic rings. The third-order valence-electron chi connectivity index (χ3n) is 4.98. The highest BCUT2D eigenvalue weighted by Gasteiger charge is 2.22. The van der Waals surface area contributed by atoms with Crippen LogP contribution < -0.4 is 24.3 Å². The van der Waals surface area contributed by atoms with Crippen molar-refractivity contribution in [3.8, 4) is 23.0 Å². The van der Waals surface area contributed by atoms with E-state index in [4.69, 9.17) is 23.7 Å². The molecule has 1 atom stereocenters. The maximum atomic E-state index is 11.5. The van der Waals surface area contributed by atoms with Gasteiger partial charge in [-0.3, -0.25) is 4.79 Å². The smallest absolute Gasteiger partial charge is 0.308 e. The van der Waals surface area contributed by atoms with Gasteiger partial charge < -0.3 is 29.0 Å². The molecule has 3 aromatic rings. The summed E-state index contributed by atoms with van der Waals surface area (Å²) in [6.07, 6.45) is 3.83. The summed E-state index contributed by atoms with van der Waals surface area (Å²) in [5.41, 5.74) is 1.27. The van der Waals surface area contributed by atoms with Gasteiger partial charge in [0.1, 0.15) is 23.6 Å². The highest BCUT2D eigenvalue weighted by Crippen LogP contribution is 2.42. The lowest BCUT2D eigenvalue weighted by molar-refractivity contribution is -0.131. The lowest BCUT2D eigenvalue weighted by Crippen LogP contribution is -2.25. The van der Waals surface area contributed by atoms with Gasteiger partial charge in [0.2, 0.25) is 6.79 Å². The van der Waals surface area contributed by atoms with Crippen molar-refractivity contribution in [3.63, 3.8) is 0 Å². The van der Waals surface area contributed by atoms with Gasteiger partial charge in [-0.2, -0.15) is 0 Å². The molecule has 1 fully saturated rings. The number of hydrogen-bond donors (Lipinski definition) is 1. The molecule has 0 radical (unpaired) electrons. The number of aromatic nitrogens is 2. The topological polar surface area (TPSA) is 101 Å². The fourth-order valence-electron chi connectivity index (χ4n) is 3.64. The van der Waals surface area contributed by atoms with Crippen LogP contribution in [0.1, 0.15) is 26.2 Å². The predicted octanol–water partition coefficient (Wildman–Crippen LogP) is 3.93. The molecular formula is C22H21N3O6. The number of anilines is 2. The summed E-state index contributed by atoms with van der Waals surface area (Å²) in [6.45, 7) is 2.15. The van der Waals surface area contributed by atoms with E-state index in [0.29, 0.717) is 52.0 Å². The van der Waals surface area contributed by atoms with Gasteiger partial charge in [0, 0.05) is 25.5 Å². The minimum atomic E-state index is -0.427. The lowest BCUT2D eigenvalue weighted by Gasteiger charge is -2.24. The van der Waals surface area contributed by atoms with E-state index in [-0.39, 0.29) is 6.79 Å². The van der Waals surface area contributed by atoms with E-state index in [0.717, 1.165) is 19.3 Å². The highest BCUT2D eigenvalue weighted by atomic mass is 16.7. The Kier molecular flexibility index (Phi) is 5.17. The number of carbonyl (C=O) groups excluding carboxylic acids is 1. The zero-order valence-electron chi connectivity index (χ0n) is 16.9. The van der Waals surface area contributed by atoms with Crippen LogP contribution in [-0.4, -0.2) is 35.6 Å². The standard InChI is InChI=1S/C22H21N3O6/c1-13(26)30-14-9-16-20(18(10-14)31-19-7-2-3-8-27-19)22(24-11-23-16)25-15-5-4-6-17-21(15)29-12-28-17/h4-6,9-11,19H,2-3,7-8,12H2,1H3,(H,23,24,25). The zero-order chi connectivity index (χ0) is 21.2. The molecular weight excluding hydrogens is 402 g/mol. The molecule has 2 aromatic carbocycles. The molecule has 9 heteroatoms. The molecule has 3 heterocycles. The molecule has 160 valence electrons. The summed E-state index contributed by atoms with van der Waals surface area (Å²) < 4.78 is 28.3. The van der Waals surface area contributed by atoms with E-state index in [2.05, 4.69) is 15.3 Å². The molecule has 0 aliphatic carbocycles. The van der Waals surface area contributed by atoms with Gasteiger partial charge in [-0.1, -0.05) is 6.07 Å². The van der Waals surface area contributed by atoms with E-state index < -0.39 is 12.3 Å². The van der Waals surface area contributed by atoms with E-state index in [9.17, 15) is 4.79 Å². The van der Waals surface area contributed by atoms with E-state index in [1.54, 1.807) is 12.1 Å². The molecule has 1 N–H and O–H groups in total. The number of benzene rings is 2. The first-order chi connectivity index (χ1) is 15.2. The Morgan fingerprint density at radius 3 is 2.97 bits per heavy atom. The Morgan fingerprint density at radius 2 is 2.13 bits per heavy atom. The fourth-order valence-corrected chi connectivity index (χ4v) is 3.64. The first-order valence-corrected chi connectivity index (χ1v) is 10.1. The van der Waals surface area contributed by atoms with Crippen molar-refractivity contribution < 1.29 is 28.5 Å². The van der Waals surface area contributed by atoms with Crippen molar-refractivity contribution >= 4 is 28.4 Å². The van der Waals surface area contributed by atoms with Crippen LogP contribution >= 0.6 is 0 Å². The van der Waals surface area contributed by atoms with Crippen LogP contribution in [0.5, 0.6) is 23.0 Å². The molecule has 31 heavy (non-hydrogen) atoms. The minimum absolute atomic E-state index is 0.164. The van der Waals surface area contributed by atoms with Gasteiger partial charge >= 0.3 is 5.97 Å².